The van der Waals surface area contributed by atoms with Crippen molar-refractivity contribution < 1.29 is 28.0 Å². The summed E-state index contributed by atoms with van der Waals surface area (Å²) in [7, 11) is 0. The summed E-state index contributed by atoms with van der Waals surface area (Å²) in [6, 6.07) is 4.10. The number of nitrogens with zero attached hydrogens (tertiary/aromatic N) is 3. The highest BCUT2D eigenvalue weighted by atomic mass is 19.4. The molecular formula is C15H14F3N3O4. The summed E-state index contributed by atoms with van der Waals surface area (Å²) in [5.74, 6) is -2.44. The third-order valence-corrected chi connectivity index (χ3v) is 4.55. The normalized spacial score (nSPS) is 26.2. The van der Waals surface area contributed by atoms with Crippen LogP contribution in [0.3, 0.4) is 0 Å². The van der Waals surface area contributed by atoms with Crippen LogP contribution in [0.15, 0.2) is 29.4 Å². The van der Waals surface area contributed by atoms with E-state index < -0.39 is 28.6 Å². The van der Waals surface area contributed by atoms with Crippen LogP contribution in [0.4, 0.5) is 18.9 Å². The van der Waals surface area contributed by atoms with Crippen molar-refractivity contribution in [1.82, 2.24) is 5.01 Å². The number of aliphatic hydroxyl groups is 1. The van der Waals surface area contributed by atoms with E-state index in [0.29, 0.717) is 12.8 Å². The number of benzene rings is 1. The maximum Gasteiger partial charge on any atom is 0.439 e. The smallest absolute Gasteiger partial charge is 0.362 e. The second-order valence-electron chi connectivity index (χ2n) is 6.03. The molecule has 1 saturated carbocycles. The summed E-state index contributed by atoms with van der Waals surface area (Å²) >= 11 is 0. The fraction of sp³-hybridized carbons (Fsp3) is 0.467. The Hall–Kier alpha value is -2.49. The molecule has 2 atom stereocenters. The van der Waals surface area contributed by atoms with Crippen molar-refractivity contribution in [3.8, 4) is 0 Å². The van der Waals surface area contributed by atoms with Crippen molar-refractivity contribution >= 4 is 17.3 Å². The van der Waals surface area contributed by atoms with Crippen molar-refractivity contribution in [2.45, 2.75) is 37.6 Å². The third-order valence-electron chi connectivity index (χ3n) is 4.55. The summed E-state index contributed by atoms with van der Waals surface area (Å²) < 4.78 is 40.8. The Balaban J connectivity index is 1.99. The lowest BCUT2D eigenvalue weighted by Gasteiger charge is -2.38. The molecule has 0 unspecified atom stereocenters. The Kier molecular flexibility index (Phi) is 4.02. The molecule has 7 nitrogen and oxygen atoms in total. The molecule has 1 aromatic carbocycles. The number of hydrogen-bond acceptors (Lipinski definition) is 5. The number of fused-ring (bicyclic) bond motifs is 1. The quantitative estimate of drug-likeness (QED) is 0.650. The molecule has 0 radical (unpaired) electrons. The molecule has 1 heterocycles. The fourth-order valence-corrected chi connectivity index (χ4v) is 3.27. The molecule has 25 heavy (non-hydrogen) atoms. The summed E-state index contributed by atoms with van der Waals surface area (Å²) in [5.41, 5.74) is -3.77. The van der Waals surface area contributed by atoms with E-state index in [4.69, 9.17) is 0 Å². The van der Waals surface area contributed by atoms with Crippen LogP contribution in [-0.4, -0.2) is 38.6 Å². The van der Waals surface area contributed by atoms with E-state index in [1.165, 1.54) is 0 Å². The summed E-state index contributed by atoms with van der Waals surface area (Å²) in [4.78, 5) is 22.5. The zero-order chi connectivity index (χ0) is 18.4. The van der Waals surface area contributed by atoms with Gasteiger partial charge in [-0.25, -0.2) is 0 Å². The van der Waals surface area contributed by atoms with Gasteiger partial charge in [0.05, 0.1) is 10.8 Å². The predicted octanol–water partition coefficient (Wildman–Crippen LogP) is 2.85. The largest absolute Gasteiger partial charge is 0.439 e. The molecule has 134 valence electrons. The Morgan fingerprint density at radius 3 is 2.52 bits per heavy atom. The first-order valence-electron chi connectivity index (χ1n) is 7.61. The molecule has 10 heteroatoms. The lowest BCUT2D eigenvalue weighted by molar-refractivity contribution is -0.384. The maximum absolute atomic E-state index is 13.6. The minimum atomic E-state index is -5.09. The average molecular weight is 357 g/mol. The highest BCUT2D eigenvalue weighted by Crippen LogP contribution is 2.48. The van der Waals surface area contributed by atoms with E-state index in [1.807, 2.05) is 0 Å². The monoisotopic (exact) mass is 357 g/mol. The van der Waals surface area contributed by atoms with Gasteiger partial charge in [-0.1, -0.05) is 6.42 Å². The molecule has 3 rings (SSSR count). The van der Waals surface area contributed by atoms with Crippen molar-refractivity contribution in [2.75, 3.05) is 0 Å². The number of non-ortho nitro benzene ring substituents is 1. The van der Waals surface area contributed by atoms with Gasteiger partial charge in [-0.3, -0.25) is 14.9 Å². The molecule has 0 bridgehead atoms. The summed E-state index contributed by atoms with van der Waals surface area (Å²) in [6.45, 7) is 0. The molecule has 1 fully saturated rings. The van der Waals surface area contributed by atoms with E-state index in [0.717, 1.165) is 24.3 Å². The molecule has 1 amide bonds. The van der Waals surface area contributed by atoms with Crippen LogP contribution in [0.5, 0.6) is 0 Å². The second-order valence-corrected chi connectivity index (χ2v) is 6.03. The number of nitro groups is 1. The van der Waals surface area contributed by atoms with E-state index >= 15 is 0 Å². The van der Waals surface area contributed by atoms with Gasteiger partial charge < -0.3 is 5.11 Å². The van der Waals surface area contributed by atoms with Crippen LogP contribution in [0.2, 0.25) is 0 Å². The number of nitro benzene ring substituents is 1. The zero-order valence-electron chi connectivity index (χ0n) is 12.9. The first kappa shape index (κ1) is 17.3. The summed E-state index contributed by atoms with van der Waals surface area (Å²) in [6.07, 6.45) is -3.58. The summed E-state index contributed by atoms with van der Waals surface area (Å²) in [5, 5.41) is 24.9. The molecule has 1 N–H and O–H groups in total. The van der Waals surface area contributed by atoms with E-state index in [9.17, 15) is 33.2 Å². The standard InChI is InChI=1S/C15H14F3N3O4/c16-15(17,18)14(23)11-3-1-2-4-12(11)19-20(14)13(22)9-5-7-10(8-6-9)21(24)25/h5-8,11,23H,1-4H2/t11-,14-/m1/s1. The minimum absolute atomic E-state index is 0.0822. The SMILES string of the molecule is O=C(c1ccc([N+](=O)[O-])cc1)N1N=C2CCCC[C@H]2[C@@]1(O)C(F)(F)F. The molecule has 0 aromatic heterocycles. The van der Waals surface area contributed by atoms with Crippen LogP contribution in [-0.2, 0) is 0 Å². The number of carbonyl (C=O) groups excluding carboxylic acids is 1. The second kappa shape index (κ2) is 5.80. The van der Waals surface area contributed by atoms with E-state index in [-0.39, 0.29) is 34.8 Å². The number of amides is 1. The zero-order valence-corrected chi connectivity index (χ0v) is 12.9. The van der Waals surface area contributed by atoms with Gasteiger partial charge in [-0.15, -0.1) is 0 Å². The molecule has 1 aliphatic carbocycles. The van der Waals surface area contributed by atoms with Gasteiger partial charge in [0.25, 0.3) is 17.3 Å². The van der Waals surface area contributed by atoms with Crippen molar-refractivity contribution in [3.63, 3.8) is 0 Å². The third kappa shape index (κ3) is 2.66. The van der Waals surface area contributed by atoms with Crippen molar-refractivity contribution in [2.24, 2.45) is 11.0 Å². The number of halogens is 3. The van der Waals surface area contributed by atoms with Gasteiger partial charge in [0, 0.05) is 23.4 Å². The van der Waals surface area contributed by atoms with Crippen LogP contribution in [0.25, 0.3) is 0 Å². The van der Waals surface area contributed by atoms with Crippen LogP contribution in [0, 0.1) is 16.0 Å². The molecule has 0 spiro atoms. The van der Waals surface area contributed by atoms with Gasteiger partial charge in [0.1, 0.15) is 0 Å². The highest BCUT2D eigenvalue weighted by molar-refractivity contribution is 5.99. The van der Waals surface area contributed by atoms with Gasteiger partial charge in [-0.2, -0.15) is 23.3 Å². The Labute approximate surface area is 139 Å². The molecule has 0 saturated heterocycles. The number of carbonyl (C=O) groups is 1. The van der Waals surface area contributed by atoms with Gasteiger partial charge >= 0.3 is 6.18 Å². The van der Waals surface area contributed by atoms with Gasteiger partial charge in [0.2, 0.25) is 0 Å². The highest BCUT2D eigenvalue weighted by Gasteiger charge is 2.68. The van der Waals surface area contributed by atoms with Crippen LogP contribution >= 0.6 is 0 Å². The minimum Gasteiger partial charge on any atom is -0.362 e. The first-order valence-corrected chi connectivity index (χ1v) is 7.61. The van der Waals surface area contributed by atoms with E-state index in [2.05, 4.69) is 5.10 Å². The molecular weight excluding hydrogens is 343 g/mol. The predicted molar refractivity (Wildman–Crippen MR) is 79.7 cm³/mol. The maximum atomic E-state index is 13.6. The van der Waals surface area contributed by atoms with Gasteiger partial charge in [0.15, 0.2) is 0 Å². The molecule has 1 aliphatic heterocycles. The number of alkyl halides is 3. The topological polar surface area (TPSA) is 96.0 Å². The van der Waals surface area contributed by atoms with E-state index in [1.54, 1.807) is 0 Å². The number of hydrogen-bond donors (Lipinski definition) is 1. The Bertz CT molecular complexity index is 747. The number of rotatable bonds is 2. The molecule has 2 aliphatic rings. The fourth-order valence-electron chi connectivity index (χ4n) is 3.27. The van der Waals surface area contributed by atoms with Crippen molar-refractivity contribution in [1.29, 1.82) is 0 Å². The van der Waals surface area contributed by atoms with Gasteiger partial charge in [-0.05, 0) is 31.4 Å². The van der Waals surface area contributed by atoms with Crippen molar-refractivity contribution in [3.05, 3.63) is 39.9 Å². The Morgan fingerprint density at radius 1 is 1.32 bits per heavy atom. The Morgan fingerprint density at radius 2 is 1.96 bits per heavy atom. The van der Waals surface area contributed by atoms with Crippen LogP contribution in [0.1, 0.15) is 36.0 Å². The van der Waals surface area contributed by atoms with Crippen LogP contribution < -0.4 is 0 Å². The average Bonchev–Trinajstić information content (AvgIpc) is 2.89. The lowest BCUT2D eigenvalue weighted by atomic mass is 9.80. The molecule has 1 aromatic rings. The lowest BCUT2D eigenvalue weighted by Crippen LogP contribution is -2.61. The first-order chi connectivity index (χ1) is 11.7. The number of hydrazone groups is 1.